The first-order chi connectivity index (χ1) is 9.45. The minimum atomic E-state index is -3.75. The molecule has 2 rings (SSSR count). The number of nitrogens with one attached hydrogen (secondary N) is 2. The molecule has 0 saturated carbocycles. The van der Waals surface area contributed by atoms with Crippen LogP contribution in [0.25, 0.3) is 10.8 Å². The van der Waals surface area contributed by atoms with Crippen LogP contribution in [0.2, 0.25) is 0 Å². The molecule has 0 aliphatic carbocycles. The second kappa shape index (κ2) is 5.60. The average Bonchev–Trinajstić information content (AvgIpc) is 2.45. The van der Waals surface area contributed by atoms with E-state index in [0.717, 1.165) is 5.39 Å². The summed E-state index contributed by atoms with van der Waals surface area (Å²) in [5, 5.41) is 3.88. The Morgan fingerprint density at radius 1 is 1.10 bits per heavy atom. The van der Waals surface area contributed by atoms with E-state index in [0.29, 0.717) is 5.39 Å². The van der Waals surface area contributed by atoms with E-state index in [2.05, 4.69) is 10.0 Å². The van der Waals surface area contributed by atoms with Crippen LogP contribution in [0.4, 0.5) is 0 Å². The van der Waals surface area contributed by atoms with Crippen LogP contribution in [0.15, 0.2) is 47.4 Å². The third-order valence-electron chi connectivity index (χ3n) is 3.01. The van der Waals surface area contributed by atoms with Crippen LogP contribution in [-0.4, -0.2) is 27.4 Å². The summed E-state index contributed by atoms with van der Waals surface area (Å²) in [5.41, 5.74) is 0. The van der Waals surface area contributed by atoms with E-state index in [9.17, 15) is 13.2 Å². The van der Waals surface area contributed by atoms with Crippen molar-refractivity contribution in [3.05, 3.63) is 42.5 Å². The summed E-state index contributed by atoms with van der Waals surface area (Å²) >= 11 is 0. The Morgan fingerprint density at radius 3 is 2.45 bits per heavy atom. The van der Waals surface area contributed by atoms with Gasteiger partial charge in [-0.15, -0.1) is 0 Å². The number of fused-ring (bicyclic) bond motifs is 1. The maximum absolute atomic E-state index is 12.4. The normalized spacial score (nSPS) is 13.1. The van der Waals surface area contributed by atoms with Crippen molar-refractivity contribution in [3.8, 4) is 0 Å². The first kappa shape index (κ1) is 14.5. The van der Waals surface area contributed by atoms with Gasteiger partial charge in [-0.2, -0.15) is 4.72 Å². The Kier molecular flexibility index (Phi) is 4.06. The molecule has 2 aromatic rings. The lowest BCUT2D eigenvalue weighted by Crippen LogP contribution is -2.43. The Morgan fingerprint density at radius 2 is 1.75 bits per heavy atom. The van der Waals surface area contributed by atoms with E-state index in [1.807, 2.05) is 18.2 Å². The predicted molar refractivity (Wildman–Crippen MR) is 77.8 cm³/mol. The summed E-state index contributed by atoms with van der Waals surface area (Å²) in [6.45, 7) is 1.50. The fourth-order valence-electron chi connectivity index (χ4n) is 2.00. The van der Waals surface area contributed by atoms with Gasteiger partial charge in [-0.1, -0.05) is 36.4 Å². The molecule has 5 nitrogen and oxygen atoms in total. The Labute approximate surface area is 118 Å². The lowest BCUT2D eigenvalue weighted by molar-refractivity contribution is -0.121. The van der Waals surface area contributed by atoms with Gasteiger partial charge in [0.15, 0.2) is 0 Å². The zero-order valence-electron chi connectivity index (χ0n) is 11.3. The molecular weight excluding hydrogens is 276 g/mol. The molecule has 0 saturated heterocycles. The summed E-state index contributed by atoms with van der Waals surface area (Å²) < 4.78 is 27.1. The molecular formula is C14H16N2O3S. The van der Waals surface area contributed by atoms with Crippen molar-refractivity contribution in [2.24, 2.45) is 0 Å². The van der Waals surface area contributed by atoms with Crippen LogP contribution >= 0.6 is 0 Å². The topological polar surface area (TPSA) is 75.3 Å². The van der Waals surface area contributed by atoms with Crippen molar-refractivity contribution in [2.75, 3.05) is 7.05 Å². The number of carbonyl (C=O) groups excluding carboxylic acids is 1. The molecule has 0 aliphatic rings. The maximum Gasteiger partial charge on any atom is 0.241 e. The van der Waals surface area contributed by atoms with Crippen molar-refractivity contribution in [1.29, 1.82) is 0 Å². The van der Waals surface area contributed by atoms with Crippen LogP contribution in [0.5, 0.6) is 0 Å². The summed E-state index contributed by atoms with van der Waals surface area (Å²) in [6, 6.07) is 11.4. The number of sulfonamides is 1. The molecule has 0 spiro atoms. The molecule has 0 bridgehead atoms. The molecule has 0 heterocycles. The second-order valence-corrected chi connectivity index (χ2v) is 6.12. The van der Waals surface area contributed by atoms with Gasteiger partial charge in [0.05, 0.1) is 10.9 Å². The first-order valence-electron chi connectivity index (χ1n) is 6.17. The molecule has 0 aromatic heterocycles. The molecule has 1 amide bonds. The Bertz CT molecular complexity index is 736. The summed E-state index contributed by atoms with van der Waals surface area (Å²) in [5.74, 6) is -0.381. The highest BCUT2D eigenvalue weighted by molar-refractivity contribution is 7.89. The van der Waals surface area contributed by atoms with E-state index in [1.165, 1.54) is 20.0 Å². The molecule has 20 heavy (non-hydrogen) atoms. The fourth-order valence-corrected chi connectivity index (χ4v) is 3.43. The van der Waals surface area contributed by atoms with E-state index in [1.54, 1.807) is 18.2 Å². The lowest BCUT2D eigenvalue weighted by Gasteiger charge is -2.14. The molecule has 0 fully saturated rings. The third kappa shape index (κ3) is 2.81. The fraction of sp³-hybridized carbons (Fsp3) is 0.214. The van der Waals surface area contributed by atoms with Crippen LogP contribution in [0.3, 0.4) is 0 Å². The number of likely N-dealkylation sites (N-methyl/N-ethyl adjacent to an activating group) is 1. The lowest BCUT2D eigenvalue weighted by atomic mass is 10.1. The number of rotatable bonds is 4. The summed E-state index contributed by atoms with van der Waals surface area (Å²) in [6.07, 6.45) is 0. The van der Waals surface area contributed by atoms with Gasteiger partial charge in [0.2, 0.25) is 15.9 Å². The number of hydrogen-bond donors (Lipinski definition) is 2. The molecule has 6 heteroatoms. The van der Waals surface area contributed by atoms with Crippen molar-refractivity contribution >= 4 is 26.7 Å². The number of benzene rings is 2. The van der Waals surface area contributed by atoms with Crippen molar-refractivity contribution < 1.29 is 13.2 Å². The van der Waals surface area contributed by atoms with Crippen molar-refractivity contribution in [3.63, 3.8) is 0 Å². The summed E-state index contributed by atoms with van der Waals surface area (Å²) in [7, 11) is -2.29. The van der Waals surface area contributed by atoms with E-state index in [4.69, 9.17) is 0 Å². The highest BCUT2D eigenvalue weighted by Crippen LogP contribution is 2.22. The molecule has 106 valence electrons. The van der Waals surface area contributed by atoms with Gasteiger partial charge in [0.25, 0.3) is 0 Å². The van der Waals surface area contributed by atoms with Crippen LogP contribution in [-0.2, 0) is 14.8 Å². The van der Waals surface area contributed by atoms with Gasteiger partial charge in [0, 0.05) is 12.4 Å². The minimum Gasteiger partial charge on any atom is -0.358 e. The molecule has 0 aliphatic heterocycles. The maximum atomic E-state index is 12.4. The van der Waals surface area contributed by atoms with E-state index < -0.39 is 16.1 Å². The zero-order chi connectivity index (χ0) is 14.8. The van der Waals surface area contributed by atoms with Crippen molar-refractivity contribution in [1.82, 2.24) is 10.0 Å². The Hall–Kier alpha value is -1.92. The van der Waals surface area contributed by atoms with Crippen LogP contribution in [0.1, 0.15) is 6.92 Å². The SMILES string of the molecule is CNC(=O)C(C)NS(=O)(=O)c1cccc2ccccc12. The molecule has 1 atom stereocenters. The van der Waals surface area contributed by atoms with Gasteiger partial charge in [-0.05, 0) is 18.4 Å². The van der Waals surface area contributed by atoms with Gasteiger partial charge in [-0.25, -0.2) is 8.42 Å². The summed E-state index contributed by atoms with van der Waals surface area (Å²) in [4.78, 5) is 11.6. The van der Waals surface area contributed by atoms with Crippen LogP contribution in [0, 0.1) is 0 Å². The molecule has 1 unspecified atom stereocenters. The monoisotopic (exact) mass is 292 g/mol. The smallest absolute Gasteiger partial charge is 0.241 e. The standard InChI is InChI=1S/C14H16N2O3S/c1-10(14(17)15-2)16-20(18,19)13-9-5-7-11-6-3-4-8-12(11)13/h3-10,16H,1-2H3,(H,15,17). The van der Waals surface area contributed by atoms with Gasteiger partial charge < -0.3 is 5.32 Å². The molecule has 2 aromatic carbocycles. The molecule has 2 N–H and O–H groups in total. The molecule has 0 radical (unpaired) electrons. The number of amides is 1. The average molecular weight is 292 g/mol. The second-order valence-electron chi connectivity index (χ2n) is 4.43. The number of carbonyl (C=O) groups is 1. The van der Waals surface area contributed by atoms with Gasteiger partial charge in [0.1, 0.15) is 0 Å². The van der Waals surface area contributed by atoms with Crippen LogP contribution < -0.4 is 10.0 Å². The first-order valence-corrected chi connectivity index (χ1v) is 7.65. The van der Waals surface area contributed by atoms with Gasteiger partial charge in [-0.3, -0.25) is 4.79 Å². The van der Waals surface area contributed by atoms with Crippen molar-refractivity contribution in [2.45, 2.75) is 17.9 Å². The number of hydrogen-bond acceptors (Lipinski definition) is 3. The Balaban J connectivity index is 2.45. The predicted octanol–water partition coefficient (Wildman–Crippen LogP) is 1.25. The van der Waals surface area contributed by atoms with Gasteiger partial charge >= 0.3 is 0 Å². The highest BCUT2D eigenvalue weighted by Gasteiger charge is 2.22. The van der Waals surface area contributed by atoms with E-state index in [-0.39, 0.29) is 10.8 Å². The third-order valence-corrected chi connectivity index (χ3v) is 4.61. The quantitative estimate of drug-likeness (QED) is 0.890. The zero-order valence-corrected chi connectivity index (χ0v) is 12.1. The highest BCUT2D eigenvalue weighted by atomic mass is 32.2. The minimum absolute atomic E-state index is 0.173. The van der Waals surface area contributed by atoms with E-state index >= 15 is 0 Å². The largest absolute Gasteiger partial charge is 0.358 e.